The molecular formula is C11H15ClN2. The normalized spacial score (nSPS) is 15.1. The minimum Gasteiger partial charge on any atom is -0.402 e. The molecule has 14 heavy (non-hydrogen) atoms. The Balaban J connectivity index is 3.73. The molecule has 1 aromatic heterocycles. The van der Waals surface area contributed by atoms with Gasteiger partial charge in [-0.25, -0.2) is 0 Å². The average molecular weight is 211 g/mol. The predicted molar refractivity (Wildman–Crippen MR) is 61.0 cm³/mol. The second kappa shape index (κ2) is 4.47. The summed E-state index contributed by atoms with van der Waals surface area (Å²) < 4.78 is 0. The molecule has 1 aromatic rings. The highest BCUT2D eigenvalue weighted by Gasteiger charge is 1.97. The zero-order valence-corrected chi connectivity index (χ0v) is 9.52. The Morgan fingerprint density at radius 3 is 2.64 bits per heavy atom. The first kappa shape index (κ1) is 11.1. The van der Waals surface area contributed by atoms with Gasteiger partial charge in [0.25, 0.3) is 0 Å². The van der Waals surface area contributed by atoms with Crippen molar-refractivity contribution in [2.75, 3.05) is 0 Å². The molecule has 2 nitrogen and oxygen atoms in total. The third kappa shape index (κ3) is 2.26. The van der Waals surface area contributed by atoms with Gasteiger partial charge in [0.2, 0.25) is 0 Å². The van der Waals surface area contributed by atoms with Crippen LogP contribution in [0.4, 0.5) is 0 Å². The molecule has 0 amide bonds. The summed E-state index contributed by atoms with van der Waals surface area (Å²) in [7, 11) is 0. The fourth-order valence-corrected chi connectivity index (χ4v) is 1.39. The number of halogens is 1. The first-order chi connectivity index (χ1) is 6.56. The van der Waals surface area contributed by atoms with Gasteiger partial charge in [-0.05, 0) is 32.4 Å². The van der Waals surface area contributed by atoms with E-state index in [0.29, 0.717) is 0 Å². The average Bonchev–Trinajstić information content (AvgIpc) is 2.16. The summed E-state index contributed by atoms with van der Waals surface area (Å²) in [5.74, 6) is 0. The van der Waals surface area contributed by atoms with Crippen LogP contribution < -0.4 is 16.3 Å². The van der Waals surface area contributed by atoms with E-state index in [9.17, 15) is 0 Å². The zero-order valence-electron chi connectivity index (χ0n) is 8.76. The maximum absolute atomic E-state index is 6.10. The Kier molecular flexibility index (Phi) is 3.53. The Labute approximate surface area is 89.1 Å². The van der Waals surface area contributed by atoms with Crippen molar-refractivity contribution in [1.29, 1.82) is 0 Å². The Bertz CT molecular complexity index is 445. The van der Waals surface area contributed by atoms with Gasteiger partial charge in [-0.3, -0.25) is 4.98 Å². The van der Waals surface area contributed by atoms with Crippen molar-refractivity contribution in [2.45, 2.75) is 27.2 Å². The molecule has 0 unspecified atom stereocenters. The molecule has 0 saturated heterocycles. The summed E-state index contributed by atoms with van der Waals surface area (Å²) in [6, 6.07) is 3.90. The number of nitrogens with two attached hydrogens (primary N) is 1. The highest BCUT2D eigenvalue weighted by molar-refractivity contribution is 6.44. The van der Waals surface area contributed by atoms with Crippen LogP contribution in [0.1, 0.15) is 26.0 Å². The Morgan fingerprint density at radius 1 is 1.50 bits per heavy atom. The Hall–Kier alpha value is -1.02. The van der Waals surface area contributed by atoms with E-state index in [1.165, 1.54) is 0 Å². The third-order valence-electron chi connectivity index (χ3n) is 2.03. The van der Waals surface area contributed by atoms with Crippen molar-refractivity contribution >= 4 is 22.3 Å². The minimum absolute atomic E-state index is 0.749. The van der Waals surface area contributed by atoms with E-state index in [0.717, 1.165) is 33.4 Å². The van der Waals surface area contributed by atoms with E-state index in [1.807, 2.05) is 32.9 Å². The first-order valence-electron chi connectivity index (χ1n) is 4.65. The molecule has 0 aliphatic carbocycles. The van der Waals surface area contributed by atoms with Crippen LogP contribution in [0.25, 0.3) is 10.7 Å². The molecule has 0 fully saturated rings. The molecule has 0 radical (unpaired) electrons. The van der Waals surface area contributed by atoms with Crippen molar-refractivity contribution in [2.24, 2.45) is 5.73 Å². The number of pyridine rings is 1. The van der Waals surface area contributed by atoms with E-state index in [4.69, 9.17) is 17.3 Å². The third-order valence-corrected chi connectivity index (χ3v) is 2.47. The van der Waals surface area contributed by atoms with Crippen molar-refractivity contribution in [3.05, 3.63) is 28.4 Å². The summed E-state index contributed by atoms with van der Waals surface area (Å²) in [6.45, 7) is 5.80. The van der Waals surface area contributed by atoms with E-state index < -0.39 is 0 Å². The largest absolute Gasteiger partial charge is 0.402 e. The quantitative estimate of drug-likeness (QED) is 0.758. The van der Waals surface area contributed by atoms with Crippen LogP contribution in [0, 0.1) is 6.92 Å². The zero-order chi connectivity index (χ0) is 10.7. The van der Waals surface area contributed by atoms with Crippen LogP contribution in [0.2, 0.25) is 0 Å². The van der Waals surface area contributed by atoms with Gasteiger partial charge in [0, 0.05) is 21.6 Å². The lowest BCUT2D eigenvalue weighted by atomic mass is 10.2. The molecular weight excluding hydrogens is 196 g/mol. The minimum atomic E-state index is 0.749. The van der Waals surface area contributed by atoms with Crippen molar-refractivity contribution in [1.82, 2.24) is 4.98 Å². The number of hydrogen-bond acceptors (Lipinski definition) is 2. The van der Waals surface area contributed by atoms with Gasteiger partial charge in [-0.15, -0.1) is 0 Å². The molecule has 2 N–H and O–H groups in total. The summed E-state index contributed by atoms with van der Waals surface area (Å²) in [4.78, 5) is 4.40. The van der Waals surface area contributed by atoms with E-state index in [2.05, 4.69) is 4.98 Å². The van der Waals surface area contributed by atoms with Crippen LogP contribution in [0.5, 0.6) is 0 Å². The molecule has 0 bridgehead atoms. The van der Waals surface area contributed by atoms with Crippen LogP contribution >= 0.6 is 11.6 Å². The molecule has 0 atom stereocenters. The molecule has 0 aromatic carbocycles. The lowest BCUT2D eigenvalue weighted by Gasteiger charge is -1.98. The fourth-order valence-electron chi connectivity index (χ4n) is 1.25. The molecule has 76 valence electrons. The van der Waals surface area contributed by atoms with Crippen LogP contribution in [0.3, 0.4) is 0 Å². The molecule has 0 aliphatic rings. The summed E-state index contributed by atoms with van der Waals surface area (Å²) in [5, 5.41) is 2.50. The maximum atomic E-state index is 6.10. The molecule has 1 heterocycles. The molecule has 0 spiro atoms. The van der Waals surface area contributed by atoms with Gasteiger partial charge < -0.3 is 5.73 Å². The second-order valence-electron chi connectivity index (χ2n) is 3.29. The van der Waals surface area contributed by atoms with Crippen molar-refractivity contribution in [3.63, 3.8) is 0 Å². The predicted octanol–water partition coefficient (Wildman–Crippen LogP) is 1.23. The monoisotopic (exact) mass is 210 g/mol. The topological polar surface area (TPSA) is 38.9 Å². The smallest absolute Gasteiger partial charge is 0.0867 e. The molecule has 0 aliphatic heterocycles. The van der Waals surface area contributed by atoms with Crippen molar-refractivity contribution < 1.29 is 0 Å². The standard InChI is InChI=1S/C11H15ClN2/c1-4-10(12)11-9(8(3)13)6-5-7(2)14-11/h5-6H,4,13H2,1-3H3/b9-8+,11-10-. The molecule has 0 saturated carbocycles. The van der Waals surface area contributed by atoms with Gasteiger partial charge in [-0.1, -0.05) is 18.5 Å². The van der Waals surface area contributed by atoms with Gasteiger partial charge in [0.05, 0.1) is 5.35 Å². The highest BCUT2D eigenvalue weighted by atomic mass is 35.5. The number of nitrogens with zero attached hydrogens (tertiary/aromatic N) is 1. The fraction of sp³-hybridized carbons (Fsp3) is 0.364. The van der Waals surface area contributed by atoms with Gasteiger partial charge in [0.15, 0.2) is 0 Å². The van der Waals surface area contributed by atoms with Gasteiger partial charge in [0.1, 0.15) is 0 Å². The number of aromatic nitrogens is 1. The van der Waals surface area contributed by atoms with E-state index >= 15 is 0 Å². The SMILES string of the molecule is CC/C(Cl)=c1/nc(C)cc/c1=C(/C)N. The lowest BCUT2D eigenvalue weighted by Crippen LogP contribution is -2.33. The van der Waals surface area contributed by atoms with E-state index in [-0.39, 0.29) is 0 Å². The first-order valence-corrected chi connectivity index (χ1v) is 5.02. The highest BCUT2D eigenvalue weighted by Crippen LogP contribution is 2.02. The van der Waals surface area contributed by atoms with Crippen molar-refractivity contribution in [3.8, 4) is 0 Å². The number of aryl methyl sites for hydroxylation is 1. The number of rotatable bonds is 1. The van der Waals surface area contributed by atoms with Crippen LogP contribution in [-0.4, -0.2) is 4.98 Å². The molecule has 1 rings (SSSR count). The Morgan fingerprint density at radius 2 is 2.14 bits per heavy atom. The van der Waals surface area contributed by atoms with E-state index in [1.54, 1.807) is 0 Å². The van der Waals surface area contributed by atoms with Gasteiger partial charge in [-0.2, -0.15) is 0 Å². The second-order valence-corrected chi connectivity index (χ2v) is 3.75. The summed E-state index contributed by atoms with van der Waals surface area (Å²) in [6.07, 6.45) is 0.776. The van der Waals surface area contributed by atoms with Crippen LogP contribution in [-0.2, 0) is 0 Å². The van der Waals surface area contributed by atoms with Crippen LogP contribution in [0.15, 0.2) is 12.1 Å². The molecule has 3 heteroatoms. The van der Waals surface area contributed by atoms with Gasteiger partial charge >= 0.3 is 0 Å². The lowest BCUT2D eigenvalue weighted by molar-refractivity contribution is 1.10. The summed E-state index contributed by atoms with van der Waals surface area (Å²) >= 11 is 6.10. The maximum Gasteiger partial charge on any atom is 0.0867 e. The summed E-state index contributed by atoms with van der Waals surface area (Å²) in [5.41, 5.74) is 7.47. The number of hydrogen-bond donors (Lipinski definition) is 1.